The zero-order valence-corrected chi connectivity index (χ0v) is 25.7. The van der Waals surface area contributed by atoms with Crippen LogP contribution in [0.2, 0.25) is 0 Å². The smallest absolute Gasteiger partial charge is 0.405 e. The second-order valence-corrected chi connectivity index (χ2v) is 11.8. The van der Waals surface area contributed by atoms with Gasteiger partial charge in [-0.3, -0.25) is 14.4 Å². The first-order chi connectivity index (χ1) is 20.2. The molecular formula is C34H42N4O5. The lowest BCUT2D eigenvalue weighted by Crippen LogP contribution is -2.53. The van der Waals surface area contributed by atoms with Crippen LogP contribution in [0.5, 0.6) is 0 Å². The van der Waals surface area contributed by atoms with Gasteiger partial charge in [0.25, 0.3) is 0 Å². The number of likely N-dealkylation sites (N-methyl/N-ethyl adjacent to an activating group) is 2. The number of hydrogen-bond donors (Lipinski definition) is 3. The van der Waals surface area contributed by atoms with Crippen LogP contribution in [0.15, 0.2) is 84.4 Å². The van der Waals surface area contributed by atoms with Gasteiger partial charge in [-0.05, 0) is 56.0 Å². The Morgan fingerprint density at radius 2 is 1.53 bits per heavy atom. The molecule has 0 saturated carbocycles. The zero-order chi connectivity index (χ0) is 31.9. The standard InChI is InChI=1S/C34H42N4O5/c1-22(21-34(3,4)36-33(42)43)18-29(39)38(6)28(20-24-16-17-25-12-10-11-15-27(25)19-24)32(41)37(5)23(2)30(31(35)40)26-13-8-7-9-14-26/h7-19,23,28,30,36H,20-21H2,1-6H3,(H2,35,40)(H,42,43)/b22-18-. The topological polar surface area (TPSA) is 133 Å². The number of primary amides is 1. The largest absolute Gasteiger partial charge is 0.465 e. The average molecular weight is 587 g/mol. The van der Waals surface area contributed by atoms with Gasteiger partial charge in [0.2, 0.25) is 17.7 Å². The molecule has 0 aliphatic carbocycles. The number of nitrogens with one attached hydrogen (secondary N) is 1. The molecule has 0 radical (unpaired) electrons. The van der Waals surface area contributed by atoms with E-state index in [2.05, 4.69) is 5.32 Å². The normalized spacial score (nSPS) is 14.0. The highest BCUT2D eigenvalue weighted by Gasteiger charge is 2.35. The van der Waals surface area contributed by atoms with E-state index in [-0.39, 0.29) is 12.3 Å². The molecule has 0 aliphatic rings. The predicted octanol–water partition coefficient (Wildman–Crippen LogP) is 4.71. The summed E-state index contributed by atoms with van der Waals surface area (Å²) in [5, 5.41) is 13.7. The molecule has 0 bridgehead atoms. The Labute approximate surface area is 253 Å². The lowest BCUT2D eigenvalue weighted by molar-refractivity contribution is -0.143. The third-order valence-corrected chi connectivity index (χ3v) is 7.79. The summed E-state index contributed by atoms with van der Waals surface area (Å²) in [6.45, 7) is 6.99. The van der Waals surface area contributed by atoms with Crippen LogP contribution in [0.25, 0.3) is 10.8 Å². The van der Waals surface area contributed by atoms with E-state index in [1.165, 1.54) is 15.9 Å². The van der Waals surface area contributed by atoms with Crippen molar-refractivity contribution in [1.29, 1.82) is 0 Å². The van der Waals surface area contributed by atoms with Crippen LogP contribution in [0.1, 0.15) is 51.2 Å². The van der Waals surface area contributed by atoms with Crippen molar-refractivity contribution >= 4 is 34.6 Å². The number of amides is 4. The van der Waals surface area contributed by atoms with E-state index in [1.807, 2.05) is 60.7 Å². The van der Waals surface area contributed by atoms with E-state index >= 15 is 0 Å². The van der Waals surface area contributed by atoms with Crippen molar-refractivity contribution in [2.24, 2.45) is 5.73 Å². The van der Waals surface area contributed by atoms with Crippen molar-refractivity contribution in [3.63, 3.8) is 0 Å². The maximum atomic E-state index is 14.2. The molecule has 43 heavy (non-hydrogen) atoms. The molecule has 0 saturated heterocycles. The van der Waals surface area contributed by atoms with Crippen molar-refractivity contribution in [3.8, 4) is 0 Å². The van der Waals surface area contributed by atoms with Crippen molar-refractivity contribution in [2.75, 3.05) is 14.1 Å². The Hall–Kier alpha value is -4.66. The number of carbonyl (C=O) groups excluding carboxylic acids is 3. The quantitative estimate of drug-likeness (QED) is 0.265. The van der Waals surface area contributed by atoms with Crippen LogP contribution < -0.4 is 11.1 Å². The minimum absolute atomic E-state index is 0.245. The highest BCUT2D eigenvalue weighted by Crippen LogP contribution is 2.25. The summed E-state index contributed by atoms with van der Waals surface area (Å²) in [7, 11) is 3.20. The lowest BCUT2D eigenvalue weighted by atomic mass is 9.90. The Balaban J connectivity index is 1.95. The molecule has 0 fully saturated rings. The van der Waals surface area contributed by atoms with Gasteiger partial charge in [0.15, 0.2) is 0 Å². The summed E-state index contributed by atoms with van der Waals surface area (Å²) in [6, 6.07) is 21.5. The van der Waals surface area contributed by atoms with Gasteiger partial charge >= 0.3 is 6.09 Å². The van der Waals surface area contributed by atoms with Crippen LogP contribution in [0, 0.1) is 0 Å². The molecular weight excluding hydrogens is 544 g/mol. The van der Waals surface area contributed by atoms with Gasteiger partial charge in [-0.1, -0.05) is 78.4 Å². The number of carboxylic acid groups (broad SMARTS) is 1. The number of rotatable bonds is 12. The minimum atomic E-state index is -1.15. The lowest BCUT2D eigenvalue weighted by Gasteiger charge is -2.36. The Morgan fingerprint density at radius 3 is 2.14 bits per heavy atom. The molecule has 0 aromatic heterocycles. The van der Waals surface area contributed by atoms with Crippen molar-refractivity contribution in [3.05, 3.63) is 95.6 Å². The van der Waals surface area contributed by atoms with Crippen LogP contribution >= 0.6 is 0 Å². The van der Waals surface area contributed by atoms with Gasteiger partial charge in [0, 0.05) is 38.2 Å². The fourth-order valence-electron chi connectivity index (χ4n) is 5.53. The monoisotopic (exact) mass is 586 g/mol. The van der Waals surface area contributed by atoms with Gasteiger partial charge in [0.1, 0.15) is 6.04 Å². The average Bonchev–Trinajstić information content (AvgIpc) is 2.94. The van der Waals surface area contributed by atoms with Gasteiger partial charge in [-0.15, -0.1) is 0 Å². The Kier molecular flexibility index (Phi) is 10.7. The molecule has 3 aromatic rings. The summed E-state index contributed by atoms with van der Waals surface area (Å²) >= 11 is 0. The number of nitrogens with zero attached hydrogens (tertiary/aromatic N) is 2. The van der Waals surface area contributed by atoms with Crippen molar-refractivity contribution in [2.45, 2.75) is 64.1 Å². The summed E-state index contributed by atoms with van der Waals surface area (Å²) in [5.41, 5.74) is 7.26. The minimum Gasteiger partial charge on any atom is -0.465 e. The van der Waals surface area contributed by atoms with Crippen molar-refractivity contribution < 1.29 is 24.3 Å². The molecule has 0 heterocycles. The fraction of sp³-hybridized carbons (Fsp3) is 0.353. The molecule has 4 N–H and O–H groups in total. The number of hydrogen-bond acceptors (Lipinski definition) is 4. The molecule has 3 aromatic carbocycles. The summed E-state index contributed by atoms with van der Waals surface area (Å²) < 4.78 is 0. The molecule has 228 valence electrons. The molecule has 0 aliphatic heterocycles. The molecule has 4 amide bonds. The zero-order valence-electron chi connectivity index (χ0n) is 25.7. The molecule has 3 rings (SSSR count). The fourth-order valence-corrected chi connectivity index (χ4v) is 5.53. The van der Waals surface area contributed by atoms with E-state index in [0.29, 0.717) is 17.6 Å². The second-order valence-electron chi connectivity index (χ2n) is 11.8. The van der Waals surface area contributed by atoms with Gasteiger partial charge < -0.3 is 26.0 Å². The first-order valence-electron chi connectivity index (χ1n) is 14.2. The van der Waals surface area contributed by atoms with Crippen LogP contribution in [-0.4, -0.2) is 70.4 Å². The first-order valence-corrected chi connectivity index (χ1v) is 14.2. The third kappa shape index (κ3) is 8.67. The highest BCUT2D eigenvalue weighted by atomic mass is 16.4. The summed E-state index contributed by atoms with van der Waals surface area (Å²) in [4.78, 5) is 54.3. The van der Waals surface area contributed by atoms with E-state index in [4.69, 9.17) is 10.8 Å². The number of benzene rings is 3. The third-order valence-electron chi connectivity index (χ3n) is 7.79. The maximum Gasteiger partial charge on any atom is 0.405 e. The molecule has 3 unspecified atom stereocenters. The molecule has 3 atom stereocenters. The molecule has 9 nitrogen and oxygen atoms in total. The number of carbonyl (C=O) groups is 4. The molecule has 0 spiro atoms. The highest BCUT2D eigenvalue weighted by molar-refractivity contribution is 5.94. The summed E-state index contributed by atoms with van der Waals surface area (Å²) in [5.74, 6) is -2.02. The van der Waals surface area contributed by atoms with Crippen LogP contribution in [-0.2, 0) is 20.8 Å². The van der Waals surface area contributed by atoms with E-state index in [0.717, 1.165) is 16.3 Å². The van der Waals surface area contributed by atoms with E-state index in [9.17, 15) is 19.2 Å². The van der Waals surface area contributed by atoms with E-state index in [1.54, 1.807) is 53.9 Å². The van der Waals surface area contributed by atoms with Crippen molar-refractivity contribution in [1.82, 2.24) is 15.1 Å². The van der Waals surface area contributed by atoms with Gasteiger partial charge in [-0.2, -0.15) is 0 Å². The molecule has 9 heteroatoms. The van der Waals surface area contributed by atoms with Crippen LogP contribution in [0.3, 0.4) is 0 Å². The van der Waals surface area contributed by atoms with Gasteiger partial charge in [0.05, 0.1) is 5.92 Å². The summed E-state index contributed by atoms with van der Waals surface area (Å²) in [6.07, 6.45) is 0.834. The van der Waals surface area contributed by atoms with E-state index < -0.39 is 41.4 Å². The first kappa shape index (κ1) is 32.8. The Morgan fingerprint density at radius 1 is 0.930 bits per heavy atom. The number of nitrogens with two attached hydrogens (primary N) is 1. The van der Waals surface area contributed by atoms with Crippen LogP contribution in [0.4, 0.5) is 4.79 Å². The predicted molar refractivity (Wildman–Crippen MR) is 168 cm³/mol. The number of fused-ring (bicyclic) bond motifs is 1. The SMILES string of the molecule is C/C(=C/C(=O)N(C)C(Cc1ccc2ccccc2c1)C(=O)N(C)C(C)C(C(N)=O)c1ccccc1)CC(C)(C)NC(=O)O. The second kappa shape index (κ2) is 14.0. The Bertz CT molecular complexity index is 1500. The van der Waals surface area contributed by atoms with Gasteiger partial charge in [-0.25, -0.2) is 4.79 Å². The maximum absolute atomic E-state index is 14.2.